The molecule has 0 saturated carbocycles. The van der Waals surface area contributed by atoms with Gasteiger partial charge in [0.2, 0.25) is 0 Å². The van der Waals surface area contributed by atoms with Gasteiger partial charge in [-0.3, -0.25) is 0 Å². The van der Waals surface area contributed by atoms with Gasteiger partial charge in [-0.1, -0.05) is 18.2 Å². The van der Waals surface area contributed by atoms with Crippen molar-refractivity contribution in [1.29, 1.82) is 0 Å². The number of carboxylic acids is 1. The van der Waals surface area contributed by atoms with Gasteiger partial charge in [-0.05, 0) is 18.6 Å². The first-order valence-electron chi connectivity index (χ1n) is 4.89. The summed E-state index contributed by atoms with van der Waals surface area (Å²) in [7, 11) is 0. The van der Waals surface area contributed by atoms with E-state index in [-0.39, 0.29) is 5.56 Å². The number of nitrogens with two attached hydrogens (primary N) is 1. The van der Waals surface area contributed by atoms with Crippen molar-refractivity contribution in [3.8, 4) is 0 Å². The predicted octanol–water partition coefficient (Wildman–Crippen LogP) is 2.06. The molecule has 92 valence electrons. The first-order chi connectivity index (χ1) is 8.00. The van der Waals surface area contributed by atoms with Crippen molar-refractivity contribution in [2.75, 3.05) is 0 Å². The summed E-state index contributed by atoms with van der Waals surface area (Å²) >= 11 is 1.30. The summed E-state index contributed by atoms with van der Waals surface area (Å²) in [4.78, 5) is 21.4. The SMILES string of the molecule is CC(OC(N)=O)SCc1ccccc1C(=O)O. The largest absolute Gasteiger partial charge is 0.478 e. The van der Waals surface area contributed by atoms with Crippen LogP contribution < -0.4 is 5.73 Å². The summed E-state index contributed by atoms with van der Waals surface area (Å²) in [5, 5.41) is 8.96. The summed E-state index contributed by atoms with van der Waals surface area (Å²) in [5.74, 6) is -0.527. The molecule has 0 aliphatic carbocycles. The monoisotopic (exact) mass is 255 g/mol. The Labute approximate surface area is 103 Å². The number of carbonyl (C=O) groups is 2. The lowest BCUT2D eigenvalue weighted by Crippen LogP contribution is -2.18. The number of hydrogen-bond acceptors (Lipinski definition) is 4. The van der Waals surface area contributed by atoms with Gasteiger partial charge in [0.05, 0.1) is 5.56 Å². The number of amides is 1. The number of benzene rings is 1. The van der Waals surface area contributed by atoms with Crippen molar-refractivity contribution in [1.82, 2.24) is 0 Å². The highest BCUT2D eigenvalue weighted by atomic mass is 32.2. The normalized spacial score (nSPS) is 11.8. The maximum Gasteiger partial charge on any atom is 0.405 e. The number of primary amides is 1. The number of hydrogen-bond donors (Lipinski definition) is 2. The third kappa shape index (κ3) is 4.36. The number of aromatic carboxylic acids is 1. The van der Waals surface area contributed by atoms with Gasteiger partial charge in [-0.2, -0.15) is 0 Å². The van der Waals surface area contributed by atoms with Crippen molar-refractivity contribution in [2.45, 2.75) is 18.1 Å². The van der Waals surface area contributed by atoms with E-state index < -0.39 is 17.5 Å². The quantitative estimate of drug-likeness (QED) is 0.786. The molecule has 17 heavy (non-hydrogen) atoms. The Morgan fingerprint density at radius 3 is 2.71 bits per heavy atom. The van der Waals surface area contributed by atoms with Crippen LogP contribution in [0.5, 0.6) is 0 Å². The minimum atomic E-state index is -0.968. The van der Waals surface area contributed by atoms with E-state index in [2.05, 4.69) is 0 Å². The summed E-state index contributed by atoms with van der Waals surface area (Å²) in [6, 6.07) is 6.70. The van der Waals surface area contributed by atoms with E-state index in [9.17, 15) is 9.59 Å². The highest BCUT2D eigenvalue weighted by Gasteiger charge is 2.11. The number of rotatable bonds is 5. The second kappa shape index (κ2) is 6.15. The van der Waals surface area contributed by atoms with Crippen LogP contribution in [0.15, 0.2) is 24.3 Å². The number of carboxylic acid groups (broad SMARTS) is 1. The number of ether oxygens (including phenoxy) is 1. The average molecular weight is 255 g/mol. The first-order valence-corrected chi connectivity index (χ1v) is 5.94. The molecule has 1 rings (SSSR count). The molecular formula is C11H13NO4S. The van der Waals surface area contributed by atoms with E-state index in [1.165, 1.54) is 17.8 Å². The Hall–Kier alpha value is -1.69. The molecule has 1 aromatic rings. The zero-order valence-corrected chi connectivity index (χ0v) is 10.1. The van der Waals surface area contributed by atoms with Crippen molar-refractivity contribution >= 4 is 23.8 Å². The maximum absolute atomic E-state index is 10.9. The molecule has 5 nitrogen and oxygen atoms in total. The van der Waals surface area contributed by atoms with Gasteiger partial charge in [0.15, 0.2) is 0 Å². The van der Waals surface area contributed by atoms with E-state index in [1.807, 2.05) is 0 Å². The Balaban J connectivity index is 2.63. The highest BCUT2D eigenvalue weighted by molar-refractivity contribution is 7.99. The molecule has 0 radical (unpaired) electrons. The fourth-order valence-corrected chi connectivity index (χ4v) is 2.09. The van der Waals surface area contributed by atoms with Crippen LogP contribution in [0.4, 0.5) is 4.79 Å². The van der Waals surface area contributed by atoms with E-state index >= 15 is 0 Å². The number of thioether (sulfide) groups is 1. The second-order valence-electron chi connectivity index (χ2n) is 3.28. The van der Waals surface area contributed by atoms with Crippen molar-refractivity contribution in [2.24, 2.45) is 5.73 Å². The van der Waals surface area contributed by atoms with Crippen molar-refractivity contribution in [3.05, 3.63) is 35.4 Å². The smallest absolute Gasteiger partial charge is 0.405 e. The standard InChI is InChI=1S/C11H13NO4S/c1-7(16-11(12)15)17-6-8-4-2-3-5-9(8)10(13)14/h2-5,7H,6H2,1H3,(H2,12,15)(H,13,14). The Kier molecular flexibility index (Phi) is 4.84. The van der Waals surface area contributed by atoms with Gasteiger partial charge in [-0.25, -0.2) is 9.59 Å². The van der Waals surface area contributed by atoms with Gasteiger partial charge >= 0.3 is 12.1 Å². The zero-order chi connectivity index (χ0) is 12.8. The van der Waals surface area contributed by atoms with Crippen LogP contribution in [0.25, 0.3) is 0 Å². The molecule has 1 amide bonds. The first kappa shape index (κ1) is 13.4. The molecule has 0 aliphatic rings. The van der Waals surface area contributed by atoms with Crippen molar-refractivity contribution < 1.29 is 19.4 Å². The minimum absolute atomic E-state index is 0.256. The van der Waals surface area contributed by atoms with Crippen LogP contribution >= 0.6 is 11.8 Å². The maximum atomic E-state index is 10.9. The van der Waals surface area contributed by atoms with Crippen LogP contribution in [0, 0.1) is 0 Å². The molecule has 6 heteroatoms. The molecule has 1 atom stereocenters. The highest BCUT2D eigenvalue weighted by Crippen LogP contribution is 2.21. The molecule has 0 aliphatic heterocycles. The van der Waals surface area contributed by atoms with E-state index in [1.54, 1.807) is 25.1 Å². The van der Waals surface area contributed by atoms with Gasteiger partial charge < -0.3 is 15.6 Å². The van der Waals surface area contributed by atoms with Crippen LogP contribution in [0.2, 0.25) is 0 Å². The van der Waals surface area contributed by atoms with Crippen LogP contribution in [0.3, 0.4) is 0 Å². The molecule has 1 aromatic carbocycles. The van der Waals surface area contributed by atoms with Crippen LogP contribution in [-0.4, -0.2) is 22.6 Å². The third-order valence-electron chi connectivity index (χ3n) is 2.00. The zero-order valence-electron chi connectivity index (χ0n) is 9.25. The summed E-state index contributed by atoms with van der Waals surface area (Å²) in [6.07, 6.45) is -0.837. The fraction of sp³-hybridized carbons (Fsp3) is 0.273. The Morgan fingerprint density at radius 1 is 1.47 bits per heavy atom. The molecule has 0 heterocycles. The molecular weight excluding hydrogens is 242 g/mol. The number of carbonyl (C=O) groups excluding carboxylic acids is 1. The molecule has 0 spiro atoms. The van der Waals surface area contributed by atoms with Crippen molar-refractivity contribution in [3.63, 3.8) is 0 Å². The summed E-state index contributed by atoms with van der Waals surface area (Å²) < 4.78 is 4.73. The van der Waals surface area contributed by atoms with Crippen LogP contribution in [-0.2, 0) is 10.5 Å². The van der Waals surface area contributed by atoms with Gasteiger partial charge in [0, 0.05) is 5.75 Å². The van der Waals surface area contributed by atoms with Gasteiger partial charge in [0.1, 0.15) is 5.44 Å². The topological polar surface area (TPSA) is 89.6 Å². The second-order valence-corrected chi connectivity index (χ2v) is 4.56. The average Bonchev–Trinajstić information content (AvgIpc) is 2.25. The van der Waals surface area contributed by atoms with E-state index in [0.717, 1.165) is 0 Å². The predicted molar refractivity (Wildman–Crippen MR) is 64.8 cm³/mol. The Morgan fingerprint density at radius 2 is 2.12 bits per heavy atom. The molecule has 0 saturated heterocycles. The minimum Gasteiger partial charge on any atom is -0.478 e. The van der Waals surface area contributed by atoms with E-state index in [4.69, 9.17) is 15.6 Å². The molecule has 1 unspecified atom stereocenters. The van der Waals surface area contributed by atoms with E-state index in [0.29, 0.717) is 11.3 Å². The molecule has 0 fully saturated rings. The van der Waals surface area contributed by atoms with Gasteiger partial charge in [-0.15, -0.1) is 11.8 Å². The molecule has 0 aromatic heterocycles. The fourth-order valence-electron chi connectivity index (χ4n) is 1.26. The summed E-state index contributed by atoms with van der Waals surface area (Å²) in [6.45, 7) is 1.68. The Bertz CT molecular complexity index is 422. The lowest BCUT2D eigenvalue weighted by atomic mass is 10.1. The summed E-state index contributed by atoms with van der Waals surface area (Å²) in [5.41, 5.74) is 5.40. The lowest BCUT2D eigenvalue weighted by molar-refractivity contribution is 0.0696. The molecule has 0 bridgehead atoms. The van der Waals surface area contributed by atoms with Gasteiger partial charge in [0.25, 0.3) is 0 Å². The van der Waals surface area contributed by atoms with Crippen LogP contribution in [0.1, 0.15) is 22.8 Å². The third-order valence-corrected chi connectivity index (χ3v) is 3.05. The lowest BCUT2D eigenvalue weighted by Gasteiger charge is -2.11. The molecule has 3 N–H and O–H groups in total.